The summed E-state index contributed by atoms with van der Waals surface area (Å²) in [5.74, 6) is -0.708. The van der Waals surface area contributed by atoms with Gasteiger partial charge in [-0.3, -0.25) is 9.78 Å². The van der Waals surface area contributed by atoms with Crippen LogP contribution in [0.1, 0.15) is 37.9 Å². The maximum Gasteiger partial charge on any atom is 0.244 e. The van der Waals surface area contributed by atoms with Crippen LogP contribution in [-0.2, 0) is 14.8 Å². The number of benzene rings is 1. The minimum atomic E-state index is -4.09. The van der Waals surface area contributed by atoms with Gasteiger partial charge in [0.05, 0.1) is 16.6 Å². The minimum absolute atomic E-state index is 0.0531. The van der Waals surface area contributed by atoms with Gasteiger partial charge in [0, 0.05) is 41.4 Å². The molecule has 0 spiro atoms. The van der Waals surface area contributed by atoms with Crippen molar-refractivity contribution in [2.45, 2.75) is 49.2 Å². The fourth-order valence-electron chi connectivity index (χ4n) is 4.79. The van der Waals surface area contributed by atoms with Crippen LogP contribution in [-0.4, -0.2) is 58.9 Å². The van der Waals surface area contributed by atoms with Crippen LogP contribution in [0, 0.1) is 5.92 Å². The zero-order valence-electron chi connectivity index (χ0n) is 17.6. The van der Waals surface area contributed by atoms with Gasteiger partial charge < -0.3 is 10.0 Å². The van der Waals surface area contributed by atoms with E-state index in [1.54, 1.807) is 17.2 Å². The molecule has 2 aromatic rings. The number of fused-ring (bicyclic) bond motifs is 2. The van der Waals surface area contributed by atoms with Crippen molar-refractivity contribution in [2.24, 2.45) is 5.92 Å². The molecule has 2 aliphatic rings. The van der Waals surface area contributed by atoms with Crippen molar-refractivity contribution in [2.75, 3.05) is 13.2 Å². The van der Waals surface area contributed by atoms with Crippen LogP contribution in [0.5, 0.6) is 0 Å². The summed E-state index contributed by atoms with van der Waals surface area (Å²) in [5, 5.41) is 10.6. The molecule has 3 heterocycles. The van der Waals surface area contributed by atoms with Crippen molar-refractivity contribution in [1.82, 2.24) is 14.2 Å². The fourth-order valence-corrected chi connectivity index (χ4v) is 7.41. The highest BCUT2D eigenvalue weighted by molar-refractivity contribution is 7.89. The third-order valence-corrected chi connectivity index (χ3v) is 8.73. The Balaban J connectivity index is 1.79. The first-order chi connectivity index (χ1) is 15.2. The molecule has 1 aromatic heterocycles. The van der Waals surface area contributed by atoms with Crippen LogP contribution in [0.3, 0.4) is 0 Å². The Morgan fingerprint density at radius 3 is 2.53 bits per heavy atom. The van der Waals surface area contributed by atoms with E-state index in [2.05, 4.69) is 4.98 Å². The average Bonchev–Trinajstić information content (AvgIpc) is 2.85. The minimum Gasteiger partial charge on any atom is -0.396 e. The van der Waals surface area contributed by atoms with E-state index >= 15 is 0 Å². The normalized spacial score (nSPS) is 25.4. The van der Waals surface area contributed by atoms with E-state index in [0.29, 0.717) is 25.0 Å². The summed E-state index contributed by atoms with van der Waals surface area (Å²) in [6, 6.07) is 7.91. The van der Waals surface area contributed by atoms with E-state index < -0.39 is 28.0 Å². The number of carbonyl (C=O) groups is 1. The second-order valence-corrected chi connectivity index (χ2v) is 11.0. The summed E-state index contributed by atoms with van der Waals surface area (Å²) in [6.07, 6.45) is 3.34. The topological polar surface area (TPSA) is 90.8 Å². The second kappa shape index (κ2) is 9.27. The smallest absolute Gasteiger partial charge is 0.244 e. The van der Waals surface area contributed by atoms with Crippen molar-refractivity contribution in [3.05, 3.63) is 58.3 Å². The van der Waals surface area contributed by atoms with E-state index in [1.165, 1.54) is 22.5 Å². The summed E-state index contributed by atoms with van der Waals surface area (Å²) in [7, 11) is -4.09. The molecule has 10 heteroatoms. The number of pyridine rings is 1. The number of piperidine rings is 1. The van der Waals surface area contributed by atoms with Gasteiger partial charge in [0.25, 0.3) is 0 Å². The zero-order chi connectivity index (χ0) is 23.0. The standard InChI is InChI=1S/C22H25Cl2N3O4S/c1-14(19-5-2-3-8-25-19)26-12-15(13-28)20-6-4-7-21(22(26)29)27(20)32(30,31)18-10-16(23)9-17(24)11-18/h2-3,5,8-11,14-15,20-21,28H,4,6-7,12-13H2,1H3/t14?,15-,20-,21+/m1/s1. The number of sulfonamides is 1. The van der Waals surface area contributed by atoms with E-state index in [4.69, 9.17) is 23.2 Å². The zero-order valence-corrected chi connectivity index (χ0v) is 19.9. The molecule has 0 saturated carbocycles. The van der Waals surface area contributed by atoms with Crippen LogP contribution in [0.15, 0.2) is 47.5 Å². The van der Waals surface area contributed by atoms with Gasteiger partial charge in [0.2, 0.25) is 15.9 Å². The molecule has 0 radical (unpaired) electrons. The van der Waals surface area contributed by atoms with Gasteiger partial charge in [-0.25, -0.2) is 8.42 Å². The Hall–Kier alpha value is -1.71. The maximum absolute atomic E-state index is 13.8. The van der Waals surface area contributed by atoms with Gasteiger partial charge in [0.15, 0.2) is 0 Å². The molecule has 1 amide bonds. The third-order valence-electron chi connectivity index (χ3n) is 6.38. The highest BCUT2D eigenvalue weighted by Crippen LogP contribution is 2.39. The number of aliphatic hydroxyl groups is 1. The molecule has 2 fully saturated rings. The van der Waals surface area contributed by atoms with E-state index in [0.717, 1.165) is 0 Å². The van der Waals surface area contributed by atoms with Gasteiger partial charge >= 0.3 is 0 Å². The lowest BCUT2D eigenvalue weighted by molar-refractivity contribution is -0.137. The van der Waals surface area contributed by atoms with Crippen molar-refractivity contribution < 1.29 is 18.3 Å². The molecular weight excluding hydrogens is 473 g/mol. The molecule has 172 valence electrons. The lowest BCUT2D eigenvalue weighted by Gasteiger charge is -2.40. The number of carbonyl (C=O) groups excluding carboxylic acids is 1. The highest BCUT2D eigenvalue weighted by Gasteiger charge is 2.50. The Labute approximate surface area is 198 Å². The van der Waals surface area contributed by atoms with Crippen molar-refractivity contribution in [1.29, 1.82) is 0 Å². The molecule has 2 saturated heterocycles. The molecule has 2 bridgehead atoms. The number of amides is 1. The average molecular weight is 498 g/mol. The Morgan fingerprint density at radius 1 is 1.19 bits per heavy atom. The predicted octanol–water partition coefficient (Wildman–Crippen LogP) is 3.51. The number of halogens is 2. The van der Waals surface area contributed by atoms with Crippen LogP contribution in [0.2, 0.25) is 10.0 Å². The van der Waals surface area contributed by atoms with Gasteiger partial charge in [-0.15, -0.1) is 0 Å². The van der Waals surface area contributed by atoms with Crippen molar-refractivity contribution >= 4 is 39.1 Å². The van der Waals surface area contributed by atoms with Crippen LogP contribution in [0.4, 0.5) is 0 Å². The number of hydrogen-bond donors (Lipinski definition) is 1. The van der Waals surface area contributed by atoms with Crippen LogP contribution >= 0.6 is 23.2 Å². The quantitative estimate of drug-likeness (QED) is 0.682. The molecular formula is C22H25Cl2N3O4S. The van der Waals surface area contributed by atoms with Crippen LogP contribution in [0.25, 0.3) is 0 Å². The number of aliphatic hydroxyl groups excluding tert-OH is 1. The summed E-state index contributed by atoms with van der Waals surface area (Å²) < 4.78 is 28.8. The van der Waals surface area contributed by atoms with Crippen molar-refractivity contribution in [3.63, 3.8) is 0 Å². The highest BCUT2D eigenvalue weighted by atomic mass is 35.5. The molecule has 4 atom stereocenters. The van der Waals surface area contributed by atoms with Gasteiger partial charge in [0.1, 0.15) is 6.04 Å². The van der Waals surface area contributed by atoms with Crippen molar-refractivity contribution in [3.8, 4) is 0 Å². The number of rotatable bonds is 5. The monoisotopic (exact) mass is 497 g/mol. The Kier molecular flexibility index (Phi) is 6.79. The lowest BCUT2D eigenvalue weighted by atomic mass is 9.91. The fraction of sp³-hybridized carbons (Fsp3) is 0.455. The predicted molar refractivity (Wildman–Crippen MR) is 122 cm³/mol. The van der Waals surface area contributed by atoms with Gasteiger partial charge in [-0.1, -0.05) is 29.3 Å². The maximum atomic E-state index is 13.8. The molecule has 1 unspecified atom stereocenters. The number of aromatic nitrogens is 1. The lowest BCUT2D eigenvalue weighted by Crippen LogP contribution is -2.55. The molecule has 7 nitrogen and oxygen atoms in total. The molecule has 2 aliphatic heterocycles. The Morgan fingerprint density at radius 2 is 1.91 bits per heavy atom. The number of nitrogens with zero attached hydrogens (tertiary/aromatic N) is 3. The van der Waals surface area contributed by atoms with Gasteiger partial charge in [-0.05, 0) is 56.5 Å². The first kappa shape index (κ1) is 23.4. The first-order valence-electron chi connectivity index (χ1n) is 10.6. The summed E-state index contributed by atoms with van der Waals surface area (Å²) >= 11 is 12.2. The summed E-state index contributed by atoms with van der Waals surface area (Å²) in [5.41, 5.74) is 0.713. The van der Waals surface area contributed by atoms with Gasteiger partial charge in [-0.2, -0.15) is 4.31 Å². The summed E-state index contributed by atoms with van der Waals surface area (Å²) in [6.45, 7) is 1.88. The molecule has 1 N–H and O–H groups in total. The SMILES string of the molecule is CC(c1ccccn1)N1C[C@H](CO)[C@H]2CCC[C@@H](C1=O)N2S(=O)(=O)c1cc(Cl)cc(Cl)c1. The summed E-state index contributed by atoms with van der Waals surface area (Å²) in [4.78, 5) is 19.7. The van der Waals surface area contributed by atoms with Crippen LogP contribution < -0.4 is 0 Å². The third kappa shape index (κ3) is 4.26. The first-order valence-corrected chi connectivity index (χ1v) is 12.8. The molecule has 4 rings (SSSR count). The second-order valence-electron chi connectivity index (χ2n) is 8.32. The van der Waals surface area contributed by atoms with E-state index in [9.17, 15) is 18.3 Å². The number of hydrogen-bond acceptors (Lipinski definition) is 5. The van der Waals surface area contributed by atoms with E-state index in [1.807, 2.05) is 19.1 Å². The molecule has 1 aromatic carbocycles. The largest absolute Gasteiger partial charge is 0.396 e. The molecule has 0 aliphatic carbocycles. The molecule has 32 heavy (non-hydrogen) atoms. The van der Waals surface area contributed by atoms with E-state index in [-0.39, 0.29) is 40.0 Å². The Bertz CT molecular complexity index is 1080.